The predicted octanol–water partition coefficient (Wildman–Crippen LogP) is 8.47. The maximum Gasteiger partial charge on any atom is 0.207 e. The van der Waals surface area contributed by atoms with Crippen LogP contribution in [0.5, 0.6) is 0 Å². The van der Waals surface area contributed by atoms with Crippen molar-refractivity contribution in [1.82, 2.24) is 15.1 Å². The van der Waals surface area contributed by atoms with E-state index in [0.717, 1.165) is 57.1 Å². The van der Waals surface area contributed by atoms with Gasteiger partial charge in [0.2, 0.25) is 6.41 Å². The first-order valence-corrected chi connectivity index (χ1v) is 17.6. The molecule has 1 atom stereocenters. The number of hydrogen-bond donors (Lipinski definition) is 2. The zero-order valence-electron chi connectivity index (χ0n) is 29.8. The van der Waals surface area contributed by atoms with Crippen LogP contribution in [0.25, 0.3) is 0 Å². The molecule has 0 aromatic carbocycles. The Kier molecular flexibility index (Phi) is 22.9. The number of rotatable bonds is 14. The van der Waals surface area contributed by atoms with Gasteiger partial charge in [-0.25, -0.2) is 0 Å². The number of hydrogen-bond acceptors (Lipinski definition) is 6. The molecule has 2 rings (SSSR count). The Morgan fingerprint density at radius 1 is 1.07 bits per heavy atom. The highest BCUT2D eigenvalue weighted by Crippen LogP contribution is 2.47. The summed E-state index contributed by atoms with van der Waals surface area (Å²) in [6.07, 6.45) is 19.0. The number of likely N-dealkylation sites (tertiary alicyclic amines) is 1. The Morgan fingerprint density at radius 2 is 1.72 bits per heavy atom. The molecule has 6 nitrogen and oxygen atoms in total. The molecule has 1 saturated heterocycles. The van der Waals surface area contributed by atoms with Crippen LogP contribution in [0.4, 0.5) is 0 Å². The lowest BCUT2D eigenvalue weighted by Gasteiger charge is -2.32. The Balaban J connectivity index is 0.00000227. The summed E-state index contributed by atoms with van der Waals surface area (Å²) >= 11 is 3.88. The largest absolute Gasteiger partial charge is 0.495 e. The zero-order chi connectivity index (χ0) is 32.7. The van der Waals surface area contributed by atoms with Crippen molar-refractivity contribution in [2.45, 2.75) is 113 Å². The summed E-state index contributed by atoms with van der Waals surface area (Å²) in [7, 11) is 3.46. The van der Waals surface area contributed by atoms with E-state index in [2.05, 4.69) is 92.4 Å². The number of ether oxygens (including phenoxy) is 2. The second-order valence-electron chi connectivity index (χ2n) is 13.2. The molecule has 2 aliphatic rings. The van der Waals surface area contributed by atoms with Crippen LogP contribution < -0.4 is 5.32 Å². The normalized spacial score (nSPS) is 20.8. The van der Waals surface area contributed by atoms with Crippen LogP contribution in [0.1, 0.15) is 113 Å². The Morgan fingerprint density at radius 3 is 2.21 bits per heavy atom. The Hall–Kier alpha value is -1.60. The molecule has 2 fully saturated rings. The monoisotopic (exact) mass is 624 g/mol. The lowest BCUT2D eigenvalue weighted by Crippen LogP contribution is -2.28. The molecule has 0 aromatic heterocycles. The van der Waals surface area contributed by atoms with E-state index in [0.29, 0.717) is 23.3 Å². The smallest absolute Gasteiger partial charge is 0.207 e. The van der Waals surface area contributed by atoms with Gasteiger partial charge in [0.25, 0.3) is 0 Å². The van der Waals surface area contributed by atoms with E-state index in [9.17, 15) is 4.79 Å². The molecule has 0 bridgehead atoms. The van der Waals surface area contributed by atoms with Gasteiger partial charge >= 0.3 is 0 Å². The van der Waals surface area contributed by atoms with Crippen molar-refractivity contribution in [2.24, 2.45) is 16.7 Å². The van der Waals surface area contributed by atoms with Crippen LogP contribution in [0.15, 0.2) is 35.4 Å². The van der Waals surface area contributed by atoms with Gasteiger partial charge in [-0.3, -0.25) is 4.79 Å². The van der Waals surface area contributed by atoms with Crippen molar-refractivity contribution in [3.63, 3.8) is 0 Å². The second kappa shape index (κ2) is 23.7. The standard InChI is InChI=1S/C31H55N3O2.C3H8OS.C2H6/c1-8-29(36-7)28(34-17-12-10-11-13-18-34)21-27(23-33(9-2)19-16-32-25-35)20-26-14-15-30(3,4)24-31(5,6)22-26;1-4-2-3-5;1-2/h8,21,23,25-26H,9-20,22,24H2,1-7H3,(H,32,35);5H,2-3H2,1H3;1-2H3/b27-23+,28-21+,29-8+;;. The van der Waals surface area contributed by atoms with Gasteiger partial charge < -0.3 is 24.6 Å². The first-order valence-electron chi connectivity index (χ1n) is 16.9. The molecule has 43 heavy (non-hydrogen) atoms. The van der Waals surface area contributed by atoms with Gasteiger partial charge in [-0.1, -0.05) is 54.4 Å². The van der Waals surface area contributed by atoms with Crippen molar-refractivity contribution < 1.29 is 14.3 Å². The van der Waals surface area contributed by atoms with Gasteiger partial charge in [0.15, 0.2) is 0 Å². The van der Waals surface area contributed by atoms with E-state index in [1.807, 2.05) is 13.8 Å². The molecule has 1 aliphatic carbocycles. The van der Waals surface area contributed by atoms with Gasteiger partial charge in [-0.05, 0) is 93.3 Å². The fourth-order valence-electron chi connectivity index (χ4n) is 6.67. The van der Waals surface area contributed by atoms with Crippen molar-refractivity contribution in [2.75, 3.05) is 59.3 Å². The molecule has 1 N–H and O–H groups in total. The number of nitrogens with zero attached hydrogens (tertiary/aromatic N) is 2. The number of likely N-dealkylation sites (N-methyl/N-ethyl adjacent to an activating group) is 1. The van der Waals surface area contributed by atoms with E-state index < -0.39 is 0 Å². The molecule has 1 heterocycles. The molecule has 0 radical (unpaired) electrons. The van der Waals surface area contributed by atoms with Gasteiger partial charge in [0, 0.05) is 51.8 Å². The van der Waals surface area contributed by atoms with Crippen molar-refractivity contribution in [3.8, 4) is 0 Å². The van der Waals surface area contributed by atoms with Crippen LogP contribution in [0.2, 0.25) is 0 Å². The lowest BCUT2D eigenvalue weighted by molar-refractivity contribution is -0.109. The summed E-state index contributed by atoms with van der Waals surface area (Å²) in [4.78, 5) is 15.7. The molecule has 1 unspecified atom stereocenters. The number of carbonyl (C=O) groups excluding carboxylic acids is 1. The molecular formula is C36H69N3O3S. The number of carbonyl (C=O) groups is 1. The molecule has 1 amide bonds. The summed E-state index contributed by atoms with van der Waals surface area (Å²) in [6, 6.07) is 0. The quantitative estimate of drug-likeness (QED) is 0.0508. The van der Waals surface area contributed by atoms with Crippen LogP contribution in [0.3, 0.4) is 0 Å². The Bertz CT molecular complexity index is 813. The summed E-state index contributed by atoms with van der Waals surface area (Å²) in [5.41, 5.74) is 3.36. The number of methoxy groups -OCH3 is 2. The number of nitrogens with one attached hydrogen (secondary N) is 1. The summed E-state index contributed by atoms with van der Waals surface area (Å²) in [5, 5.41) is 2.83. The summed E-state index contributed by atoms with van der Waals surface area (Å²) < 4.78 is 10.5. The summed E-state index contributed by atoms with van der Waals surface area (Å²) in [6.45, 7) is 23.4. The maximum absolute atomic E-state index is 10.8. The van der Waals surface area contributed by atoms with Crippen molar-refractivity contribution >= 4 is 19.0 Å². The topological polar surface area (TPSA) is 54.0 Å². The first-order chi connectivity index (χ1) is 20.5. The second-order valence-corrected chi connectivity index (χ2v) is 13.7. The highest BCUT2D eigenvalue weighted by Gasteiger charge is 2.35. The SMILES string of the molecule is CC.COCCS.C\C=C(OC)/C(=C\C(=C\N(CC)CCNC=O)CC1CCC(C)(C)CC(C)(C)C1)N1CCCCCC1. The van der Waals surface area contributed by atoms with E-state index in [-0.39, 0.29) is 0 Å². The third-order valence-corrected chi connectivity index (χ3v) is 8.41. The fourth-order valence-corrected chi connectivity index (χ4v) is 6.86. The molecule has 252 valence electrons. The molecule has 1 saturated carbocycles. The number of thiol groups is 1. The number of amides is 1. The molecule has 0 aromatic rings. The van der Waals surface area contributed by atoms with Crippen molar-refractivity contribution in [1.29, 1.82) is 0 Å². The first kappa shape index (κ1) is 41.4. The predicted molar refractivity (Wildman–Crippen MR) is 190 cm³/mol. The minimum Gasteiger partial charge on any atom is -0.495 e. The highest BCUT2D eigenvalue weighted by molar-refractivity contribution is 7.80. The molecule has 1 aliphatic heterocycles. The molecule has 0 spiro atoms. The molecule has 7 heteroatoms. The third kappa shape index (κ3) is 18.1. The average molecular weight is 624 g/mol. The highest BCUT2D eigenvalue weighted by atomic mass is 32.1. The maximum atomic E-state index is 10.8. The number of allylic oxidation sites excluding steroid dienone is 3. The Labute approximate surface area is 272 Å². The van der Waals surface area contributed by atoms with Gasteiger partial charge in [-0.15, -0.1) is 0 Å². The van der Waals surface area contributed by atoms with Crippen LogP contribution >= 0.6 is 12.6 Å². The van der Waals surface area contributed by atoms with Crippen molar-refractivity contribution in [3.05, 3.63) is 35.4 Å². The van der Waals surface area contributed by atoms with Gasteiger partial charge in [0.1, 0.15) is 5.76 Å². The minimum atomic E-state index is 0.354. The third-order valence-electron chi connectivity index (χ3n) is 8.23. The minimum absolute atomic E-state index is 0.354. The van der Waals surface area contributed by atoms with Crippen LogP contribution in [-0.4, -0.2) is 75.5 Å². The van der Waals surface area contributed by atoms with E-state index in [1.165, 1.54) is 62.6 Å². The zero-order valence-corrected chi connectivity index (χ0v) is 30.7. The average Bonchev–Trinajstić information content (AvgIpc) is 3.31. The van der Waals surface area contributed by atoms with Crippen LogP contribution in [0, 0.1) is 16.7 Å². The van der Waals surface area contributed by atoms with Crippen LogP contribution in [-0.2, 0) is 14.3 Å². The van der Waals surface area contributed by atoms with E-state index in [4.69, 9.17) is 4.74 Å². The van der Waals surface area contributed by atoms with E-state index >= 15 is 0 Å². The van der Waals surface area contributed by atoms with Gasteiger partial charge in [0.05, 0.1) is 19.4 Å². The van der Waals surface area contributed by atoms with Gasteiger partial charge in [-0.2, -0.15) is 12.6 Å². The molecular weight excluding hydrogens is 554 g/mol. The fraction of sp³-hybridized carbons (Fsp3) is 0.806. The summed E-state index contributed by atoms with van der Waals surface area (Å²) in [5.74, 6) is 2.45. The lowest BCUT2D eigenvalue weighted by atomic mass is 9.73. The van der Waals surface area contributed by atoms with E-state index in [1.54, 1.807) is 14.2 Å².